The molecular weight excluding hydrogens is 383 g/mol. The average molecular weight is 399 g/mol. The highest BCUT2D eigenvalue weighted by Crippen LogP contribution is 2.23. The van der Waals surface area contributed by atoms with Crippen molar-refractivity contribution in [2.45, 2.75) is 26.3 Å². The quantitative estimate of drug-likeness (QED) is 0.465. The minimum absolute atomic E-state index is 0.0445. The van der Waals surface area contributed by atoms with E-state index in [1.807, 2.05) is 6.92 Å². The van der Waals surface area contributed by atoms with Crippen LogP contribution in [0, 0.1) is 5.82 Å². The fraction of sp³-hybridized carbons (Fsp3) is 0.190. The van der Waals surface area contributed by atoms with Gasteiger partial charge in [-0.3, -0.25) is 14.2 Å². The molecule has 0 aliphatic rings. The fourth-order valence-corrected chi connectivity index (χ4v) is 3.33. The second kappa shape index (κ2) is 7.20. The highest BCUT2D eigenvalue weighted by Gasteiger charge is 2.19. The molecule has 0 amide bonds. The van der Waals surface area contributed by atoms with E-state index in [0.717, 1.165) is 12.8 Å². The van der Waals surface area contributed by atoms with Crippen LogP contribution in [0.1, 0.15) is 19.8 Å². The molecule has 2 aromatic heterocycles. The normalized spacial score (nSPS) is 11.4. The molecule has 2 aromatic carbocycles. The van der Waals surface area contributed by atoms with Gasteiger partial charge in [-0.15, -0.1) is 0 Å². The van der Waals surface area contributed by atoms with Gasteiger partial charge in [0.2, 0.25) is 11.1 Å². The lowest BCUT2D eigenvalue weighted by molar-refractivity contribution is 0.598. The number of unbranched alkanes of at least 4 members (excludes halogenated alkanes) is 1. The molecule has 0 atom stereocenters. The lowest BCUT2D eigenvalue weighted by Crippen LogP contribution is -2.27. The summed E-state index contributed by atoms with van der Waals surface area (Å²) in [6, 6.07) is 10.3. The van der Waals surface area contributed by atoms with Crippen molar-refractivity contribution in [2.75, 3.05) is 0 Å². The van der Waals surface area contributed by atoms with Gasteiger partial charge in [0, 0.05) is 17.1 Å². The number of aromatic nitrogens is 2. The minimum atomic E-state index is -0.478. The zero-order valence-corrected chi connectivity index (χ0v) is 15.8. The number of rotatable bonds is 4. The Labute approximate surface area is 164 Å². The molecule has 0 fully saturated rings. The number of hydrogen-bond donors (Lipinski definition) is 0. The summed E-state index contributed by atoms with van der Waals surface area (Å²) in [4.78, 5) is 30.6. The van der Waals surface area contributed by atoms with E-state index in [-0.39, 0.29) is 22.3 Å². The first-order valence-corrected chi connectivity index (χ1v) is 9.30. The summed E-state index contributed by atoms with van der Waals surface area (Å²) in [5.74, 6) is -0.0520. The van der Waals surface area contributed by atoms with Gasteiger partial charge in [0.15, 0.2) is 5.39 Å². The van der Waals surface area contributed by atoms with E-state index >= 15 is 0 Å². The molecule has 0 aliphatic heterocycles. The summed E-state index contributed by atoms with van der Waals surface area (Å²) < 4.78 is 20.5. The Balaban J connectivity index is 2.10. The number of benzene rings is 2. The molecule has 0 saturated carbocycles. The van der Waals surface area contributed by atoms with E-state index in [2.05, 4.69) is 4.98 Å². The largest absolute Gasteiger partial charge is 0.437 e. The predicted octanol–water partition coefficient (Wildman–Crippen LogP) is 4.76. The third kappa shape index (κ3) is 3.10. The highest BCUT2D eigenvalue weighted by molar-refractivity contribution is 6.31. The second-order valence-corrected chi connectivity index (χ2v) is 6.94. The van der Waals surface area contributed by atoms with Crippen molar-refractivity contribution in [1.82, 2.24) is 9.55 Å². The molecule has 28 heavy (non-hydrogen) atoms. The smallest absolute Gasteiger partial charge is 0.269 e. The fourth-order valence-electron chi connectivity index (χ4n) is 3.15. The molecule has 7 heteroatoms. The Morgan fingerprint density at radius 3 is 2.61 bits per heavy atom. The van der Waals surface area contributed by atoms with Gasteiger partial charge in [-0.2, -0.15) is 4.98 Å². The maximum Gasteiger partial charge on any atom is 0.269 e. The van der Waals surface area contributed by atoms with Crippen LogP contribution < -0.4 is 11.0 Å². The molecule has 0 N–H and O–H groups in total. The molecule has 0 aliphatic carbocycles. The molecule has 0 saturated heterocycles. The Hall–Kier alpha value is -2.99. The monoisotopic (exact) mass is 398 g/mol. The van der Waals surface area contributed by atoms with Gasteiger partial charge >= 0.3 is 0 Å². The molecule has 142 valence electrons. The Morgan fingerprint density at radius 2 is 1.89 bits per heavy atom. The highest BCUT2D eigenvalue weighted by atomic mass is 35.5. The van der Waals surface area contributed by atoms with Crippen molar-refractivity contribution in [1.29, 1.82) is 0 Å². The number of hydrogen-bond acceptors (Lipinski definition) is 4. The van der Waals surface area contributed by atoms with Crippen molar-refractivity contribution >= 4 is 33.7 Å². The lowest BCUT2D eigenvalue weighted by atomic mass is 10.1. The maximum atomic E-state index is 13.3. The summed E-state index contributed by atoms with van der Waals surface area (Å²) in [6.07, 6.45) is 1.58. The van der Waals surface area contributed by atoms with Gasteiger partial charge < -0.3 is 4.42 Å². The van der Waals surface area contributed by atoms with E-state index in [0.29, 0.717) is 28.5 Å². The molecular formula is C21H16ClFN2O3. The van der Waals surface area contributed by atoms with E-state index in [4.69, 9.17) is 16.0 Å². The van der Waals surface area contributed by atoms with Gasteiger partial charge in [-0.25, -0.2) is 4.39 Å². The molecule has 0 spiro atoms. The average Bonchev–Trinajstić information content (AvgIpc) is 2.68. The number of nitrogens with zero attached hydrogens (tertiary/aromatic N) is 2. The third-order valence-corrected chi connectivity index (χ3v) is 4.83. The number of fused-ring (bicyclic) bond motifs is 2. The van der Waals surface area contributed by atoms with Crippen LogP contribution in [-0.2, 0) is 6.54 Å². The van der Waals surface area contributed by atoms with Crippen LogP contribution in [0.3, 0.4) is 0 Å². The van der Waals surface area contributed by atoms with Crippen LogP contribution in [-0.4, -0.2) is 9.55 Å². The topological polar surface area (TPSA) is 65.1 Å². The molecule has 0 radical (unpaired) electrons. The first-order chi connectivity index (χ1) is 13.5. The van der Waals surface area contributed by atoms with E-state index in [1.165, 1.54) is 22.8 Å². The summed E-state index contributed by atoms with van der Waals surface area (Å²) in [5.41, 5.74) is -0.127. The summed E-state index contributed by atoms with van der Waals surface area (Å²) in [5, 5.41) is 0.494. The first-order valence-electron chi connectivity index (χ1n) is 8.92. The number of halogens is 2. The Bertz CT molecular complexity index is 1310. The van der Waals surface area contributed by atoms with Crippen LogP contribution in [0.15, 0.2) is 56.5 Å². The van der Waals surface area contributed by atoms with Gasteiger partial charge in [0.1, 0.15) is 17.2 Å². The zero-order chi connectivity index (χ0) is 19.8. The molecule has 0 unspecified atom stereocenters. The maximum absolute atomic E-state index is 13.3. The summed E-state index contributed by atoms with van der Waals surface area (Å²) in [6.45, 7) is 2.39. The van der Waals surface area contributed by atoms with E-state index in [9.17, 15) is 14.0 Å². The zero-order valence-electron chi connectivity index (χ0n) is 15.0. The Kier molecular flexibility index (Phi) is 4.73. The summed E-state index contributed by atoms with van der Waals surface area (Å²) >= 11 is 5.99. The van der Waals surface area contributed by atoms with Crippen molar-refractivity contribution in [3.8, 4) is 11.4 Å². The molecule has 2 heterocycles. The molecule has 5 nitrogen and oxygen atoms in total. The van der Waals surface area contributed by atoms with Crippen molar-refractivity contribution in [3.63, 3.8) is 0 Å². The van der Waals surface area contributed by atoms with Crippen molar-refractivity contribution in [3.05, 3.63) is 73.9 Å². The van der Waals surface area contributed by atoms with E-state index in [1.54, 1.807) is 24.3 Å². The van der Waals surface area contributed by atoms with Gasteiger partial charge in [-0.1, -0.05) is 24.9 Å². The van der Waals surface area contributed by atoms with Crippen LogP contribution in [0.4, 0.5) is 4.39 Å². The minimum Gasteiger partial charge on any atom is -0.437 e. The van der Waals surface area contributed by atoms with Gasteiger partial charge in [0.05, 0.1) is 5.39 Å². The Morgan fingerprint density at radius 1 is 1.14 bits per heavy atom. The predicted molar refractivity (Wildman–Crippen MR) is 107 cm³/mol. The first kappa shape index (κ1) is 18.4. The van der Waals surface area contributed by atoms with Crippen LogP contribution >= 0.6 is 11.6 Å². The van der Waals surface area contributed by atoms with E-state index < -0.39 is 11.0 Å². The summed E-state index contributed by atoms with van der Waals surface area (Å²) in [7, 11) is 0. The van der Waals surface area contributed by atoms with Crippen molar-refractivity contribution < 1.29 is 8.81 Å². The van der Waals surface area contributed by atoms with Gasteiger partial charge in [-0.05, 0) is 48.9 Å². The lowest BCUT2D eigenvalue weighted by Gasteiger charge is -2.13. The molecule has 4 aromatic rings. The van der Waals surface area contributed by atoms with Crippen molar-refractivity contribution in [2.24, 2.45) is 0 Å². The third-order valence-electron chi connectivity index (χ3n) is 4.59. The SMILES string of the molecule is CCCCn1c(-c2ccc(F)cc2)nc2oc3ccc(Cl)cc3c(=O)c2c1=O. The van der Waals surface area contributed by atoms with Crippen LogP contribution in [0.25, 0.3) is 33.5 Å². The molecule has 4 rings (SSSR count). The van der Waals surface area contributed by atoms with Gasteiger partial charge in [0.25, 0.3) is 5.56 Å². The van der Waals surface area contributed by atoms with Crippen LogP contribution in [0.5, 0.6) is 0 Å². The second-order valence-electron chi connectivity index (χ2n) is 6.50. The standard InChI is InChI=1S/C21H16ClFN2O3/c1-2-3-10-25-19(12-4-7-14(23)8-5-12)24-20-17(21(25)27)18(26)15-11-13(22)6-9-16(15)28-20/h4-9,11H,2-3,10H2,1H3. The van der Waals surface area contributed by atoms with Crippen LogP contribution in [0.2, 0.25) is 5.02 Å². The molecule has 0 bridgehead atoms.